The first-order chi connectivity index (χ1) is 12.7. The summed E-state index contributed by atoms with van der Waals surface area (Å²) in [7, 11) is 1.92. The predicted molar refractivity (Wildman–Crippen MR) is 101 cm³/mol. The number of alkyl halides is 3. The van der Waals surface area contributed by atoms with Gasteiger partial charge in [0.2, 0.25) is 0 Å². The van der Waals surface area contributed by atoms with Crippen LogP contribution in [0.1, 0.15) is 40.7 Å². The molecule has 3 nitrogen and oxygen atoms in total. The van der Waals surface area contributed by atoms with E-state index >= 15 is 0 Å². The van der Waals surface area contributed by atoms with E-state index in [4.69, 9.17) is 0 Å². The first-order valence-electron chi connectivity index (χ1n) is 8.59. The molecule has 0 N–H and O–H groups in total. The maximum atomic E-state index is 13.0. The van der Waals surface area contributed by atoms with Gasteiger partial charge in [0, 0.05) is 13.6 Å². The number of aliphatic imine (C=N–C) groups is 1. The number of rotatable bonds is 5. The van der Waals surface area contributed by atoms with E-state index in [2.05, 4.69) is 11.1 Å². The van der Waals surface area contributed by atoms with Crippen LogP contribution in [0.2, 0.25) is 0 Å². The molecule has 0 saturated heterocycles. The average molecular weight is 373 g/mol. The highest BCUT2D eigenvalue weighted by Gasteiger charge is 2.31. The van der Waals surface area contributed by atoms with Crippen molar-refractivity contribution < 1.29 is 13.2 Å². The predicted octanol–water partition coefficient (Wildman–Crippen LogP) is 5.59. The van der Waals surface area contributed by atoms with Gasteiger partial charge in [0.1, 0.15) is 0 Å². The molecule has 0 aliphatic heterocycles. The van der Waals surface area contributed by atoms with Gasteiger partial charge in [-0.2, -0.15) is 18.4 Å². The maximum absolute atomic E-state index is 13.0. The molecule has 142 valence electrons. The van der Waals surface area contributed by atoms with E-state index in [9.17, 15) is 18.4 Å². The Morgan fingerprint density at radius 3 is 2.48 bits per heavy atom. The second-order valence-corrected chi connectivity index (χ2v) is 6.50. The maximum Gasteiger partial charge on any atom is 0.416 e. The fraction of sp³-hybridized carbons (Fsp3) is 0.333. The van der Waals surface area contributed by atoms with Crippen LogP contribution >= 0.6 is 0 Å². The fourth-order valence-electron chi connectivity index (χ4n) is 2.73. The van der Waals surface area contributed by atoms with E-state index in [0.29, 0.717) is 11.1 Å². The van der Waals surface area contributed by atoms with Crippen LogP contribution in [0.4, 0.5) is 18.9 Å². The Balaban J connectivity index is 2.46. The van der Waals surface area contributed by atoms with Crippen LogP contribution in [-0.4, -0.2) is 24.8 Å². The standard InChI is InChI=1S/C21H22F3N3/c1-5-27(4)13-26-20-10-14(2)18(9-15(20)3)19(12-25)16-7-6-8-17(11-16)21(22,23)24/h6-11,13,19H,5H2,1-4H3. The SMILES string of the molecule is CCN(C)C=Nc1cc(C)c(C(C#N)c2cccc(C(F)(F)F)c2)cc1C. The summed E-state index contributed by atoms with van der Waals surface area (Å²) in [6.07, 6.45) is -2.71. The molecule has 0 aromatic heterocycles. The monoisotopic (exact) mass is 373 g/mol. The van der Waals surface area contributed by atoms with Crippen LogP contribution in [-0.2, 0) is 6.18 Å². The molecule has 0 aliphatic rings. The van der Waals surface area contributed by atoms with Gasteiger partial charge in [-0.05, 0) is 55.2 Å². The van der Waals surface area contributed by atoms with E-state index in [-0.39, 0.29) is 0 Å². The highest BCUT2D eigenvalue weighted by Crippen LogP contribution is 2.35. The van der Waals surface area contributed by atoms with Gasteiger partial charge in [-0.25, -0.2) is 4.99 Å². The Labute approximate surface area is 157 Å². The van der Waals surface area contributed by atoms with Crippen molar-refractivity contribution in [2.24, 2.45) is 4.99 Å². The summed E-state index contributed by atoms with van der Waals surface area (Å²) in [6, 6.07) is 10.8. The summed E-state index contributed by atoms with van der Waals surface area (Å²) in [5.74, 6) is -0.776. The molecular formula is C21H22F3N3. The van der Waals surface area contributed by atoms with Crippen LogP contribution in [0.25, 0.3) is 0 Å². The van der Waals surface area contributed by atoms with Crippen LogP contribution in [0.3, 0.4) is 0 Å². The second-order valence-electron chi connectivity index (χ2n) is 6.50. The molecule has 1 atom stereocenters. The first kappa shape index (κ1) is 20.5. The van der Waals surface area contributed by atoms with Crippen molar-refractivity contribution >= 4 is 12.0 Å². The molecule has 0 saturated carbocycles. The largest absolute Gasteiger partial charge is 0.416 e. The van der Waals surface area contributed by atoms with Crippen molar-refractivity contribution in [3.8, 4) is 6.07 Å². The minimum Gasteiger partial charge on any atom is -0.366 e. The van der Waals surface area contributed by atoms with Gasteiger partial charge in [-0.1, -0.05) is 24.3 Å². The Bertz CT molecular complexity index is 879. The van der Waals surface area contributed by atoms with Crippen molar-refractivity contribution in [1.82, 2.24) is 4.90 Å². The fourth-order valence-corrected chi connectivity index (χ4v) is 2.73. The number of nitrogens with zero attached hydrogens (tertiary/aromatic N) is 3. The summed E-state index contributed by atoms with van der Waals surface area (Å²) in [4.78, 5) is 6.39. The number of hydrogen-bond donors (Lipinski definition) is 0. The van der Waals surface area contributed by atoms with Crippen molar-refractivity contribution in [3.05, 3.63) is 64.2 Å². The number of hydrogen-bond acceptors (Lipinski definition) is 2. The van der Waals surface area contributed by atoms with Crippen molar-refractivity contribution in [2.45, 2.75) is 32.9 Å². The molecule has 0 bridgehead atoms. The Morgan fingerprint density at radius 1 is 1.19 bits per heavy atom. The van der Waals surface area contributed by atoms with E-state index in [1.54, 1.807) is 12.4 Å². The topological polar surface area (TPSA) is 39.4 Å². The molecule has 2 rings (SSSR count). The molecule has 6 heteroatoms. The lowest BCUT2D eigenvalue weighted by molar-refractivity contribution is -0.137. The zero-order valence-corrected chi connectivity index (χ0v) is 15.8. The second kappa shape index (κ2) is 8.26. The Kier molecular flexibility index (Phi) is 6.27. The summed E-state index contributed by atoms with van der Waals surface area (Å²) < 4.78 is 39.0. The number of benzene rings is 2. The summed E-state index contributed by atoms with van der Waals surface area (Å²) in [5, 5.41) is 9.65. The Hall–Kier alpha value is -2.81. The zero-order chi connectivity index (χ0) is 20.2. The van der Waals surface area contributed by atoms with Crippen molar-refractivity contribution in [2.75, 3.05) is 13.6 Å². The smallest absolute Gasteiger partial charge is 0.366 e. The highest BCUT2D eigenvalue weighted by atomic mass is 19.4. The molecular weight excluding hydrogens is 351 g/mol. The third-order valence-electron chi connectivity index (χ3n) is 4.46. The van der Waals surface area contributed by atoms with Crippen LogP contribution in [0.15, 0.2) is 41.4 Å². The molecule has 0 heterocycles. The van der Waals surface area contributed by atoms with Gasteiger partial charge >= 0.3 is 6.18 Å². The summed E-state index contributed by atoms with van der Waals surface area (Å²) >= 11 is 0. The van der Waals surface area contributed by atoms with Gasteiger partial charge in [-0.15, -0.1) is 0 Å². The Morgan fingerprint density at radius 2 is 1.89 bits per heavy atom. The van der Waals surface area contributed by atoms with Crippen molar-refractivity contribution in [3.63, 3.8) is 0 Å². The summed E-state index contributed by atoms with van der Waals surface area (Å²) in [6.45, 7) is 6.56. The van der Waals surface area contributed by atoms with Gasteiger partial charge in [0.15, 0.2) is 0 Å². The van der Waals surface area contributed by atoms with Crippen LogP contribution in [0.5, 0.6) is 0 Å². The molecule has 0 aliphatic carbocycles. The molecule has 0 spiro atoms. The summed E-state index contributed by atoms with van der Waals surface area (Å²) in [5.41, 5.74) is 2.73. The molecule has 0 fully saturated rings. The van der Waals surface area contributed by atoms with Gasteiger partial charge in [-0.3, -0.25) is 0 Å². The molecule has 0 radical (unpaired) electrons. The van der Waals surface area contributed by atoms with Crippen LogP contribution in [0, 0.1) is 25.2 Å². The molecule has 0 amide bonds. The molecule has 27 heavy (non-hydrogen) atoms. The lowest BCUT2D eigenvalue weighted by Gasteiger charge is -2.17. The van der Waals surface area contributed by atoms with Crippen LogP contribution < -0.4 is 0 Å². The third-order valence-corrected chi connectivity index (χ3v) is 4.46. The third kappa shape index (κ3) is 4.88. The number of halogens is 3. The van der Waals surface area contributed by atoms with E-state index < -0.39 is 17.7 Å². The van der Waals surface area contributed by atoms with E-state index in [1.165, 1.54) is 6.07 Å². The number of nitriles is 1. The lowest BCUT2D eigenvalue weighted by Crippen LogP contribution is -2.14. The molecule has 1 unspecified atom stereocenters. The zero-order valence-electron chi connectivity index (χ0n) is 15.8. The minimum absolute atomic E-state index is 0.330. The normalized spacial score (nSPS) is 12.8. The minimum atomic E-state index is -4.44. The highest BCUT2D eigenvalue weighted by molar-refractivity contribution is 5.64. The van der Waals surface area contributed by atoms with Crippen molar-refractivity contribution in [1.29, 1.82) is 5.26 Å². The van der Waals surface area contributed by atoms with Gasteiger partial charge in [0.05, 0.1) is 29.6 Å². The lowest BCUT2D eigenvalue weighted by atomic mass is 9.87. The quantitative estimate of drug-likeness (QED) is 0.506. The van der Waals surface area contributed by atoms with E-state index in [0.717, 1.165) is 35.5 Å². The van der Waals surface area contributed by atoms with Gasteiger partial charge < -0.3 is 4.90 Å². The first-order valence-corrected chi connectivity index (χ1v) is 8.59. The number of aryl methyl sites for hydroxylation is 2. The van der Waals surface area contributed by atoms with Gasteiger partial charge in [0.25, 0.3) is 0 Å². The van der Waals surface area contributed by atoms with E-state index in [1.807, 2.05) is 44.9 Å². The molecule has 2 aromatic rings. The molecule has 2 aromatic carbocycles. The average Bonchev–Trinajstić information content (AvgIpc) is 2.63.